The highest BCUT2D eigenvalue weighted by molar-refractivity contribution is 5.95. The molecule has 6 nitrogen and oxygen atoms in total. The van der Waals surface area contributed by atoms with E-state index in [9.17, 15) is 14.7 Å². The molecule has 1 aliphatic heterocycles. The lowest BCUT2D eigenvalue weighted by atomic mass is 9.90. The van der Waals surface area contributed by atoms with Gasteiger partial charge in [-0.1, -0.05) is 6.92 Å². The number of fused-ring (bicyclic) bond motifs is 1. The Morgan fingerprint density at radius 1 is 1.20 bits per heavy atom. The van der Waals surface area contributed by atoms with Crippen LogP contribution in [0.4, 0.5) is 0 Å². The van der Waals surface area contributed by atoms with Crippen molar-refractivity contribution in [1.29, 1.82) is 0 Å². The lowest BCUT2D eigenvalue weighted by molar-refractivity contribution is -0.145. The summed E-state index contributed by atoms with van der Waals surface area (Å²) >= 11 is 0. The largest absolute Gasteiger partial charge is 0.493 e. The molecule has 0 spiro atoms. The summed E-state index contributed by atoms with van der Waals surface area (Å²) < 4.78 is 17.1. The molecule has 30 heavy (non-hydrogen) atoms. The summed E-state index contributed by atoms with van der Waals surface area (Å²) in [6, 6.07) is 0. The van der Waals surface area contributed by atoms with Gasteiger partial charge in [0.1, 0.15) is 29.3 Å². The van der Waals surface area contributed by atoms with Gasteiger partial charge in [-0.3, -0.25) is 9.59 Å². The zero-order valence-corrected chi connectivity index (χ0v) is 19.2. The second-order valence-electron chi connectivity index (χ2n) is 8.67. The van der Waals surface area contributed by atoms with Crippen LogP contribution in [0.1, 0.15) is 75.6 Å². The van der Waals surface area contributed by atoms with Crippen molar-refractivity contribution in [2.45, 2.75) is 91.8 Å². The molecule has 0 amide bonds. The first-order chi connectivity index (χ1) is 14.1. The normalized spacial score (nSPS) is 15.3. The maximum atomic E-state index is 12.0. The zero-order chi connectivity index (χ0) is 22.5. The van der Waals surface area contributed by atoms with Crippen molar-refractivity contribution in [2.75, 3.05) is 13.2 Å². The van der Waals surface area contributed by atoms with Gasteiger partial charge in [0.2, 0.25) is 0 Å². The summed E-state index contributed by atoms with van der Waals surface area (Å²) in [6.07, 6.45) is 1.54. The lowest BCUT2D eigenvalue weighted by Crippen LogP contribution is -2.25. The Bertz CT molecular complexity index is 781. The van der Waals surface area contributed by atoms with Crippen molar-refractivity contribution in [3.8, 4) is 11.5 Å². The van der Waals surface area contributed by atoms with Gasteiger partial charge in [-0.25, -0.2) is 0 Å². The van der Waals surface area contributed by atoms with Crippen LogP contribution in [0.25, 0.3) is 0 Å². The van der Waals surface area contributed by atoms with Gasteiger partial charge in [0.05, 0.1) is 19.3 Å². The molecule has 1 heterocycles. The van der Waals surface area contributed by atoms with E-state index in [-0.39, 0.29) is 30.8 Å². The van der Waals surface area contributed by atoms with E-state index in [1.165, 1.54) is 5.56 Å². The quantitative estimate of drug-likeness (QED) is 0.430. The predicted octanol–water partition coefficient (Wildman–Crippen LogP) is 4.01. The van der Waals surface area contributed by atoms with E-state index in [1.807, 2.05) is 6.92 Å². The first-order valence-electron chi connectivity index (χ1n) is 10.9. The monoisotopic (exact) mass is 420 g/mol. The van der Waals surface area contributed by atoms with Crippen molar-refractivity contribution in [1.82, 2.24) is 0 Å². The molecule has 0 aromatic heterocycles. The molecule has 6 heteroatoms. The Labute approximate surface area is 179 Å². The molecule has 0 radical (unpaired) electrons. The Balaban J connectivity index is 2.16. The fourth-order valence-corrected chi connectivity index (χ4v) is 3.99. The molecule has 2 rings (SSSR count). The van der Waals surface area contributed by atoms with Gasteiger partial charge in [0.15, 0.2) is 0 Å². The number of carbonyl (C=O) groups excluding carboxylic acids is 2. The molecule has 1 aromatic rings. The number of hydrogen-bond donors (Lipinski definition) is 1. The van der Waals surface area contributed by atoms with Crippen LogP contribution in [-0.2, 0) is 27.2 Å². The Morgan fingerprint density at radius 3 is 2.53 bits per heavy atom. The van der Waals surface area contributed by atoms with E-state index >= 15 is 0 Å². The third kappa shape index (κ3) is 5.97. The number of aliphatic hydroxyl groups excluding tert-OH is 1. The van der Waals surface area contributed by atoms with Crippen LogP contribution in [0.15, 0.2) is 0 Å². The third-order valence-corrected chi connectivity index (χ3v) is 5.40. The van der Waals surface area contributed by atoms with Gasteiger partial charge in [0.25, 0.3) is 0 Å². The van der Waals surface area contributed by atoms with Crippen molar-refractivity contribution >= 4 is 11.8 Å². The summed E-state index contributed by atoms with van der Waals surface area (Å²) in [5.74, 6) is 0.940. The van der Waals surface area contributed by atoms with Crippen molar-refractivity contribution in [2.24, 2.45) is 0 Å². The fraction of sp³-hybridized carbons (Fsp3) is 0.667. The van der Waals surface area contributed by atoms with Crippen LogP contribution in [-0.4, -0.2) is 41.8 Å². The SMILES string of the molecule is CCCOc1c(C)c(CCC(O)CC(=O)CC(=O)OCC)c2c(c1C)CC(C)(C)O2. The summed E-state index contributed by atoms with van der Waals surface area (Å²) in [7, 11) is 0. The summed E-state index contributed by atoms with van der Waals surface area (Å²) in [5.41, 5.74) is 4.06. The first kappa shape index (κ1) is 24.2. The maximum Gasteiger partial charge on any atom is 0.313 e. The average molecular weight is 421 g/mol. The zero-order valence-electron chi connectivity index (χ0n) is 19.2. The minimum Gasteiger partial charge on any atom is -0.493 e. The van der Waals surface area contributed by atoms with Crippen molar-refractivity contribution < 1.29 is 28.9 Å². The minimum absolute atomic E-state index is 0.0581. The van der Waals surface area contributed by atoms with Crippen LogP contribution in [0.2, 0.25) is 0 Å². The Morgan fingerprint density at radius 2 is 1.90 bits per heavy atom. The molecule has 0 aliphatic carbocycles. The average Bonchev–Trinajstić information content (AvgIpc) is 2.97. The van der Waals surface area contributed by atoms with E-state index in [0.717, 1.165) is 41.0 Å². The number of benzene rings is 1. The van der Waals surface area contributed by atoms with Gasteiger partial charge in [-0.05, 0) is 65.0 Å². The second kappa shape index (κ2) is 10.3. The molecule has 1 atom stereocenters. The van der Waals surface area contributed by atoms with Gasteiger partial charge in [-0.15, -0.1) is 0 Å². The van der Waals surface area contributed by atoms with Crippen LogP contribution >= 0.6 is 0 Å². The number of esters is 1. The predicted molar refractivity (Wildman–Crippen MR) is 115 cm³/mol. The molecular weight excluding hydrogens is 384 g/mol. The minimum atomic E-state index is -0.822. The number of ketones is 1. The van der Waals surface area contributed by atoms with Crippen LogP contribution in [0, 0.1) is 13.8 Å². The molecule has 1 aliphatic rings. The highest BCUT2D eigenvalue weighted by Gasteiger charge is 2.35. The summed E-state index contributed by atoms with van der Waals surface area (Å²) in [4.78, 5) is 23.4. The standard InChI is InChI=1S/C24H36O6/c1-7-11-29-22-15(3)19(23-20(16(22)4)14-24(5,6)30-23)10-9-17(25)12-18(26)13-21(27)28-8-2/h17,25H,7-14H2,1-6H3. The van der Waals surface area contributed by atoms with E-state index in [1.54, 1.807) is 6.92 Å². The Kier molecular flexibility index (Phi) is 8.30. The second-order valence-corrected chi connectivity index (χ2v) is 8.67. The van der Waals surface area contributed by atoms with E-state index in [4.69, 9.17) is 14.2 Å². The van der Waals surface area contributed by atoms with Crippen LogP contribution in [0.5, 0.6) is 11.5 Å². The molecule has 0 bridgehead atoms. The molecule has 0 saturated heterocycles. The van der Waals surface area contributed by atoms with Crippen LogP contribution in [0.3, 0.4) is 0 Å². The number of aliphatic hydroxyl groups is 1. The van der Waals surface area contributed by atoms with Gasteiger partial charge < -0.3 is 19.3 Å². The fourth-order valence-electron chi connectivity index (χ4n) is 3.99. The van der Waals surface area contributed by atoms with Gasteiger partial charge >= 0.3 is 5.97 Å². The molecule has 1 N–H and O–H groups in total. The number of ether oxygens (including phenoxy) is 3. The molecule has 0 saturated carbocycles. The molecule has 168 valence electrons. The molecule has 1 aromatic carbocycles. The Hall–Kier alpha value is -2.08. The summed E-state index contributed by atoms with van der Waals surface area (Å²) in [5, 5.41) is 10.4. The maximum absolute atomic E-state index is 12.0. The smallest absolute Gasteiger partial charge is 0.313 e. The number of hydrogen-bond acceptors (Lipinski definition) is 6. The first-order valence-corrected chi connectivity index (χ1v) is 10.9. The van der Waals surface area contributed by atoms with E-state index < -0.39 is 12.1 Å². The highest BCUT2D eigenvalue weighted by atomic mass is 16.5. The van der Waals surface area contributed by atoms with E-state index in [2.05, 4.69) is 27.7 Å². The van der Waals surface area contributed by atoms with E-state index in [0.29, 0.717) is 19.4 Å². The molecular formula is C24H36O6. The van der Waals surface area contributed by atoms with Crippen molar-refractivity contribution in [3.05, 3.63) is 22.3 Å². The number of Topliss-reactive ketones (excluding diaryl/α,β-unsaturated/α-hetero) is 1. The van der Waals surface area contributed by atoms with Gasteiger partial charge in [-0.2, -0.15) is 0 Å². The molecule has 1 unspecified atom stereocenters. The van der Waals surface area contributed by atoms with Crippen LogP contribution < -0.4 is 9.47 Å². The number of rotatable bonds is 11. The summed E-state index contributed by atoms with van der Waals surface area (Å²) in [6.45, 7) is 12.9. The molecule has 0 fully saturated rings. The van der Waals surface area contributed by atoms with Crippen molar-refractivity contribution in [3.63, 3.8) is 0 Å². The van der Waals surface area contributed by atoms with Gasteiger partial charge in [0, 0.05) is 24.0 Å². The lowest BCUT2D eigenvalue weighted by Gasteiger charge is -2.21. The topological polar surface area (TPSA) is 82.1 Å². The highest BCUT2D eigenvalue weighted by Crippen LogP contribution is 2.46. The number of carbonyl (C=O) groups is 2. The third-order valence-electron chi connectivity index (χ3n) is 5.40.